The number of rotatable bonds is 8. The molecule has 0 amide bonds. The lowest BCUT2D eigenvalue weighted by atomic mass is 9.34. The van der Waals surface area contributed by atoms with E-state index < -0.39 is 5.97 Å². The number of nitrogens with zero attached hydrogens (tertiary/aromatic N) is 1. The Balaban J connectivity index is 1.36. The van der Waals surface area contributed by atoms with E-state index in [1.165, 1.54) is 5.57 Å². The van der Waals surface area contributed by atoms with Gasteiger partial charge >= 0.3 is 5.97 Å². The van der Waals surface area contributed by atoms with E-state index in [9.17, 15) is 9.90 Å². The Hall–Kier alpha value is -1.32. The lowest BCUT2D eigenvalue weighted by Crippen LogP contribution is -2.70. The van der Waals surface area contributed by atoms with Crippen LogP contribution in [0.15, 0.2) is 17.0 Å². The van der Waals surface area contributed by atoms with Crippen molar-refractivity contribution in [2.24, 2.45) is 62.4 Å². The molecule has 1 aliphatic heterocycles. The summed E-state index contributed by atoms with van der Waals surface area (Å²) in [5.74, 6) is 0.563. The van der Waals surface area contributed by atoms with E-state index in [0.717, 1.165) is 49.2 Å². The summed E-state index contributed by atoms with van der Waals surface area (Å²) in [5.41, 5.74) is 7.33. The minimum atomic E-state index is -0.610. The predicted molar refractivity (Wildman–Crippen MR) is 173 cm³/mol. The lowest BCUT2D eigenvalue weighted by molar-refractivity contribution is -0.269. The molecule has 5 aliphatic rings. The van der Waals surface area contributed by atoms with E-state index in [1.54, 1.807) is 11.3 Å². The van der Waals surface area contributed by atoms with Crippen molar-refractivity contribution in [1.29, 1.82) is 0 Å². The standard InChI is InChI=1S/C36H56N2O5S/c1-21(2)22(3)32(4)13-14-34(6)24-9-10-27-33(5)19-42-20-36(27,25(24)11-12-35(34,7)29(32)31(39)40)15-26(41-8)30(33)43-17-23-18-44-28(16-37)38-23/h11,18,21-22,24,26-27,29-30H,9-10,12-17,19-20,37H2,1-8H3,(H,39,40)/t22-,24+,26-,27?,29-,30+,32-,33?,34-,35+,36+/m1/s1. The fraction of sp³-hybridized carbons (Fsp3) is 0.833. The van der Waals surface area contributed by atoms with Gasteiger partial charge in [0.05, 0.1) is 43.6 Å². The number of ether oxygens (including phenoxy) is 3. The molecular formula is C36H56N2O5S. The second-order valence-corrected chi connectivity index (χ2v) is 17.4. The number of carbonyl (C=O) groups is 1. The van der Waals surface area contributed by atoms with Gasteiger partial charge in [-0.05, 0) is 78.4 Å². The molecular weight excluding hydrogens is 572 g/mol. The number of carboxylic acids is 1. The molecule has 6 rings (SSSR count). The summed E-state index contributed by atoms with van der Waals surface area (Å²) in [6, 6.07) is 0. The summed E-state index contributed by atoms with van der Waals surface area (Å²) in [6.45, 7) is 18.5. The third-order valence-corrected chi connectivity index (χ3v) is 15.5. The maximum atomic E-state index is 13.3. The van der Waals surface area contributed by atoms with Gasteiger partial charge in [0.25, 0.3) is 0 Å². The van der Waals surface area contributed by atoms with Crippen molar-refractivity contribution in [2.45, 2.75) is 112 Å². The van der Waals surface area contributed by atoms with Crippen LogP contribution in [0.3, 0.4) is 0 Å². The molecule has 0 aromatic carbocycles. The Morgan fingerprint density at radius 3 is 2.55 bits per heavy atom. The van der Waals surface area contributed by atoms with Crippen LogP contribution < -0.4 is 5.73 Å². The Morgan fingerprint density at radius 1 is 1.16 bits per heavy atom. The lowest BCUT2D eigenvalue weighted by Gasteiger charge is -2.71. The van der Waals surface area contributed by atoms with Crippen molar-refractivity contribution >= 4 is 17.3 Å². The SMILES string of the molecule is CO[C@@H]1C[C@@]23COCC(C)(C2CC[C@H]2C3=CC[C@@]3(C)[C@H](C(=O)O)[C@@](C)([C@H](C)C(C)C)CC[C@]23C)[C@H]1OCc1csc(CN)n1. The Labute approximate surface area is 268 Å². The molecule has 44 heavy (non-hydrogen) atoms. The first-order valence-corrected chi connectivity index (χ1v) is 17.9. The van der Waals surface area contributed by atoms with E-state index >= 15 is 0 Å². The summed E-state index contributed by atoms with van der Waals surface area (Å²) in [4.78, 5) is 18.0. The molecule has 2 bridgehead atoms. The van der Waals surface area contributed by atoms with E-state index in [-0.39, 0.29) is 45.2 Å². The minimum Gasteiger partial charge on any atom is -0.481 e. The molecule has 4 fully saturated rings. The van der Waals surface area contributed by atoms with Crippen molar-refractivity contribution in [3.63, 3.8) is 0 Å². The molecule has 8 heteroatoms. The summed E-state index contributed by atoms with van der Waals surface area (Å²) >= 11 is 1.59. The number of hydrogen-bond acceptors (Lipinski definition) is 7. The molecule has 246 valence electrons. The fourth-order valence-electron chi connectivity index (χ4n) is 11.8. The van der Waals surface area contributed by atoms with Gasteiger partial charge in [-0.3, -0.25) is 4.79 Å². The van der Waals surface area contributed by atoms with Gasteiger partial charge < -0.3 is 25.1 Å². The van der Waals surface area contributed by atoms with Crippen molar-refractivity contribution in [2.75, 3.05) is 20.3 Å². The van der Waals surface area contributed by atoms with Crippen LogP contribution in [0.1, 0.15) is 97.7 Å². The molecule has 1 aromatic rings. The number of nitrogens with two attached hydrogens (primary N) is 1. The minimum absolute atomic E-state index is 0.0539. The van der Waals surface area contributed by atoms with E-state index in [0.29, 0.717) is 50.0 Å². The van der Waals surface area contributed by atoms with Gasteiger partial charge in [-0.1, -0.05) is 60.1 Å². The molecule has 0 spiro atoms. The highest BCUT2D eigenvalue weighted by Gasteiger charge is 2.71. The number of aromatic nitrogens is 1. The molecule has 7 nitrogen and oxygen atoms in total. The van der Waals surface area contributed by atoms with Gasteiger partial charge in [-0.25, -0.2) is 4.98 Å². The fourth-order valence-corrected chi connectivity index (χ4v) is 12.4. The third-order valence-electron chi connectivity index (χ3n) is 14.6. The first-order valence-electron chi connectivity index (χ1n) is 17.0. The van der Waals surface area contributed by atoms with Crippen molar-refractivity contribution in [1.82, 2.24) is 4.98 Å². The highest BCUT2D eigenvalue weighted by Crippen LogP contribution is 2.75. The highest BCUT2D eigenvalue weighted by molar-refractivity contribution is 7.09. The van der Waals surface area contributed by atoms with E-state index in [4.69, 9.17) is 19.9 Å². The number of hydrogen-bond donors (Lipinski definition) is 2. The Bertz CT molecular complexity index is 1300. The van der Waals surface area contributed by atoms with Crippen LogP contribution in [0.5, 0.6) is 0 Å². The van der Waals surface area contributed by atoms with Gasteiger partial charge in [0.15, 0.2) is 0 Å². The average molecular weight is 629 g/mol. The van der Waals surface area contributed by atoms with Crippen molar-refractivity contribution < 1.29 is 24.1 Å². The highest BCUT2D eigenvalue weighted by atomic mass is 32.1. The second-order valence-electron chi connectivity index (χ2n) is 16.5. The van der Waals surface area contributed by atoms with Crippen LogP contribution in [-0.2, 0) is 32.2 Å². The molecule has 3 N–H and O–H groups in total. The number of methoxy groups -OCH3 is 1. The molecule has 3 saturated carbocycles. The average Bonchev–Trinajstić information content (AvgIpc) is 3.44. The molecule has 0 radical (unpaired) electrons. The molecule has 11 atom stereocenters. The van der Waals surface area contributed by atoms with Gasteiger partial charge in [0.1, 0.15) is 5.01 Å². The summed E-state index contributed by atoms with van der Waals surface area (Å²) in [6.07, 6.45) is 8.27. The zero-order valence-corrected chi connectivity index (χ0v) is 29.1. The quantitative estimate of drug-likeness (QED) is 0.296. The van der Waals surface area contributed by atoms with Crippen LogP contribution in [-0.4, -0.2) is 48.6 Å². The van der Waals surface area contributed by atoms with Crippen LogP contribution in [0.25, 0.3) is 0 Å². The largest absolute Gasteiger partial charge is 0.481 e. The van der Waals surface area contributed by atoms with Crippen molar-refractivity contribution in [3.8, 4) is 0 Å². The molecule has 2 heterocycles. The van der Waals surface area contributed by atoms with E-state index in [1.807, 2.05) is 12.5 Å². The van der Waals surface area contributed by atoms with Crippen molar-refractivity contribution in [3.05, 3.63) is 27.7 Å². The van der Waals surface area contributed by atoms with Gasteiger partial charge in [0, 0.05) is 29.9 Å². The number of carboxylic acid groups (broad SMARTS) is 1. The van der Waals surface area contributed by atoms with Gasteiger partial charge in [-0.15, -0.1) is 11.3 Å². The zero-order chi connectivity index (χ0) is 31.9. The molecule has 1 saturated heterocycles. The smallest absolute Gasteiger partial charge is 0.307 e. The molecule has 4 aliphatic carbocycles. The number of fused-ring (bicyclic) bond motifs is 3. The van der Waals surface area contributed by atoms with Crippen LogP contribution in [0.4, 0.5) is 0 Å². The first-order chi connectivity index (χ1) is 20.7. The summed E-state index contributed by atoms with van der Waals surface area (Å²) < 4.78 is 19.6. The number of aliphatic carboxylic acids is 1. The van der Waals surface area contributed by atoms with E-state index in [2.05, 4.69) is 59.5 Å². The monoisotopic (exact) mass is 628 g/mol. The Kier molecular flexibility index (Phi) is 8.26. The zero-order valence-electron chi connectivity index (χ0n) is 28.3. The maximum Gasteiger partial charge on any atom is 0.307 e. The van der Waals surface area contributed by atoms with Crippen LogP contribution in [0.2, 0.25) is 0 Å². The van der Waals surface area contributed by atoms with Crippen LogP contribution >= 0.6 is 11.3 Å². The normalized spacial score (nSPS) is 45.6. The molecule has 1 aromatic heterocycles. The first kappa shape index (κ1) is 32.6. The van der Waals surface area contributed by atoms with Gasteiger partial charge in [0.2, 0.25) is 0 Å². The number of allylic oxidation sites excluding steroid dienone is 1. The molecule has 2 unspecified atom stereocenters. The Morgan fingerprint density at radius 2 is 1.91 bits per heavy atom. The topological polar surface area (TPSA) is 104 Å². The maximum absolute atomic E-state index is 13.3. The van der Waals surface area contributed by atoms with Gasteiger partial charge in [-0.2, -0.15) is 0 Å². The number of thiazole rings is 1. The third kappa shape index (κ3) is 4.40. The summed E-state index contributed by atoms with van der Waals surface area (Å²) in [7, 11) is 1.83. The summed E-state index contributed by atoms with van der Waals surface area (Å²) in [5, 5.41) is 13.9. The second kappa shape index (κ2) is 11.1. The predicted octanol–water partition coefficient (Wildman–Crippen LogP) is 7.09. The van der Waals surface area contributed by atoms with Crippen LogP contribution in [0, 0.1) is 56.7 Å².